The predicted octanol–water partition coefficient (Wildman–Crippen LogP) is 8.73. The third kappa shape index (κ3) is 11.9. The molecule has 2 atom stereocenters. The number of sulfonamides is 1. The first-order valence-corrected chi connectivity index (χ1v) is 28.1. The summed E-state index contributed by atoms with van der Waals surface area (Å²) < 4.78 is 50.1. The van der Waals surface area contributed by atoms with Crippen molar-refractivity contribution < 1.29 is 46.6 Å². The van der Waals surface area contributed by atoms with Gasteiger partial charge < -0.3 is 29.7 Å². The fourth-order valence-corrected chi connectivity index (χ4v) is 13.9. The molecule has 3 aliphatic heterocycles. The largest absolute Gasteiger partial charge is 0.479 e. The van der Waals surface area contributed by atoms with E-state index in [1.165, 1.54) is 9.13 Å². The van der Waals surface area contributed by atoms with Crippen LogP contribution >= 0.6 is 22.9 Å². The van der Waals surface area contributed by atoms with Crippen LogP contribution in [0.15, 0.2) is 71.5 Å². The second kappa shape index (κ2) is 20.7. The highest BCUT2D eigenvalue weighted by molar-refractivity contribution is 7.88. The Morgan fingerprint density at radius 3 is 2.25 bits per heavy atom. The number of imide groups is 1. The van der Waals surface area contributed by atoms with Crippen molar-refractivity contribution in [3.63, 3.8) is 0 Å². The van der Waals surface area contributed by atoms with Crippen LogP contribution in [0.2, 0.25) is 5.02 Å². The molecule has 9 rings (SSSR count). The van der Waals surface area contributed by atoms with Gasteiger partial charge in [-0.05, 0) is 145 Å². The lowest BCUT2D eigenvalue weighted by Gasteiger charge is -2.39. The Morgan fingerprint density at radius 1 is 0.853 bits per heavy atom. The van der Waals surface area contributed by atoms with Crippen LogP contribution in [0.3, 0.4) is 0 Å². The first-order valence-electron chi connectivity index (χ1n) is 25.3. The number of thiophene rings is 1. The zero-order valence-electron chi connectivity index (χ0n) is 43.2. The fourth-order valence-electron chi connectivity index (χ4n) is 10.5. The number of carbonyl (C=O) groups excluding carboxylic acids is 5. The summed E-state index contributed by atoms with van der Waals surface area (Å²) in [5.74, 6) is -2.12. The van der Waals surface area contributed by atoms with Gasteiger partial charge in [-0.2, -0.15) is 4.31 Å². The third-order valence-corrected chi connectivity index (χ3v) is 17.7. The van der Waals surface area contributed by atoms with Crippen LogP contribution in [0.4, 0.5) is 16.2 Å². The van der Waals surface area contributed by atoms with Crippen LogP contribution in [0.1, 0.15) is 126 Å². The van der Waals surface area contributed by atoms with E-state index < -0.39 is 57.3 Å². The molecule has 4 aliphatic rings. The maximum absolute atomic E-state index is 14.2. The zero-order valence-corrected chi connectivity index (χ0v) is 45.6. The molecule has 1 saturated carbocycles. The van der Waals surface area contributed by atoms with Gasteiger partial charge in [0.1, 0.15) is 22.3 Å². The Labute approximate surface area is 445 Å². The number of halogens is 1. The molecule has 75 heavy (non-hydrogen) atoms. The lowest BCUT2D eigenvalue weighted by Crippen LogP contribution is -2.51. The number of ether oxygens (including phenoxy) is 3. The second-order valence-corrected chi connectivity index (χ2v) is 25.4. The normalized spacial score (nSPS) is 19.4. The van der Waals surface area contributed by atoms with Crippen molar-refractivity contribution >= 4 is 85.2 Å². The average Bonchev–Trinajstić information content (AvgIpc) is 3.93. The van der Waals surface area contributed by atoms with Crippen molar-refractivity contribution in [3.8, 4) is 16.2 Å². The number of esters is 2. The van der Waals surface area contributed by atoms with E-state index in [0.717, 1.165) is 35.4 Å². The molecule has 0 radical (unpaired) electrons. The Bertz CT molecular complexity index is 3250. The number of amides is 4. The van der Waals surface area contributed by atoms with Crippen molar-refractivity contribution in [3.05, 3.63) is 98.2 Å². The maximum Gasteiger partial charge on any atom is 0.352 e. The van der Waals surface area contributed by atoms with E-state index in [9.17, 15) is 37.2 Å². The van der Waals surface area contributed by atoms with Gasteiger partial charge in [-0.1, -0.05) is 41.9 Å². The molecule has 4 fully saturated rings. The molecule has 4 amide bonds. The smallest absolute Gasteiger partial charge is 0.352 e. The van der Waals surface area contributed by atoms with Crippen LogP contribution in [0.5, 0.6) is 5.75 Å². The van der Waals surface area contributed by atoms with Crippen molar-refractivity contribution in [1.29, 1.82) is 0 Å². The fraction of sp³-hybridized carbons (Fsp3) is 0.481. The van der Waals surface area contributed by atoms with Crippen molar-refractivity contribution in [2.75, 3.05) is 36.9 Å². The van der Waals surface area contributed by atoms with Gasteiger partial charge in [0.25, 0.3) is 0 Å². The molecule has 0 bridgehead atoms. The summed E-state index contributed by atoms with van der Waals surface area (Å²) >= 11 is 8.04. The number of likely N-dealkylation sites (tertiary alicyclic amines) is 1. The number of aromatic nitrogens is 2. The highest BCUT2D eigenvalue weighted by Gasteiger charge is 2.55. The number of fused-ring (bicyclic) bond motifs is 1. The van der Waals surface area contributed by atoms with Gasteiger partial charge in [-0.15, -0.1) is 11.3 Å². The quantitative estimate of drug-likeness (QED) is 0.0745. The monoisotopic (exact) mass is 1090 g/mol. The SMILES string of the molecule is Cn1c(=O)n(C2CCC(=O)NC2=O)c2ccc(C3CCN(C(=O)Nc4cccc(CS(=O)(=O)N5CC[C@H](Nc6cccc(-c7sc(C(=O)OC(C)(C)C)c(OCC(=O)OC(C)(C)C)c7Cl)c6)CC56CC6)c4)CC3)cc21. The number of aryl methyl sites for hydroxylation is 1. The standard InChI is InChI=1S/C54H64ClN7O11S2/c1-52(2,3)72-43(64)30-71-45-44(55)46(74-47(45)49(66)73-53(4,5)6)35-11-9-13-37(27-35)56-38-20-25-61(54(29-38)21-22-54)75(69,70)31-32-10-8-12-36(26-32)57-50(67)60-23-18-33(19-24-60)34-14-15-39-41(28-34)59(7)51(68)62(39)40-16-17-42(63)58-48(40)65/h8-15,26-28,33,38,40,56H,16-25,29-31H2,1-7H3,(H,57,67)(H,58,63,65)/t38-,40?/m0/s1. The Kier molecular flexibility index (Phi) is 14.8. The van der Waals surface area contributed by atoms with Crippen molar-refractivity contribution in [1.82, 2.24) is 23.7 Å². The number of nitrogens with zero attached hydrogens (tertiary/aromatic N) is 4. The van der Waals surface area contributed by atoms with E-state index in [2.05, 4.69) is 16.0 Å². The summed E-state index contributed by atoms with van der Waals surface area (Å²) in [6, 6.07) is 19.3. The van der Waals surface area contributed by atoms with Crippen LogP contribution in [0, 0.1) is 0 Å². The van der Waals surface area contributed by atoms with Crippen LogP contribution in [-0.4, -0.2) is 106 Å². The molecule has 1 aliphatic carbocycles. The molecule has 3 aromatic carbocycles. The number of nitrogens with one attached hydrogen (secondary N) is 3. The van der Waals surface area contributed by atoms with Gasteiger partial charge in [-0.3, -0.25) is 24.0 Å². The summed E-state index contributed by atoms with van der Waals surface area (Å²) in [6.07, 6.45) is 4.47. The first kappa shape index (κ1) is 53.6. The molecule has 5 heterocycles. The highest BCUT2D eigenvalue weighted by Crippen LogP contribution is 2.51. The van der Waals surface area contributed by atoms with Crippen molar-refractivity contribution in [2.24, 2.45) is 7.05 Å². The molecule has 1 unspecified atom stereocenters. The summed E-state index contributed by atoms with van der Waals surface area (Å²) in [6.45, 7) is 11.4. The number of hydrogen-bond donors (Lipinski definition) is 3. The molecule has 18 nitrogen and oxygen atoms in total. The number of piperidine rings is 3. The predicted molar refractivity (Wildman–Crippen MR) is 287 cm³/mol. The molecular weight excluding hydrogens is 1020 g/mol. The Morgan fingerprint density at radius 2 is 1.56 bits per heavy atom. The number of benzene rings is 3. The van der Waals surface area contributed by atoms with E-state index in [-0.39, 0.29) is 63.8 Å². The van der Waals surface area contributed by atoms with Gasteiger partial charge >= 0.3 is 23.7 Å². The number of rotatable bonds is 13. The number of imidazole rings is 1. The van der Waals surface area contributed by atoms with Crippen molar-refractivity contribution in [2.45, 2.75) is 133 Å². The minimum atomic E-state index is -3.75. The molecule has 400 valence electrons. The van der Waals surface area contributed by atoms with E-state index in [1.807, 2.05) is 42.5 Å². The minimum absolute atomic E-state index is 0.0275. The summed E-state index contributed by atoms with van der Waals surface area (Å²) in [7, 11) is -2.08. The van der Waals surface area contributed by atoms with Gasteiger partial charge in [0.2, 0.25) is 21.8 Å². The van der Waals surface area contributed by atoms with Crippen LogP contribution in [-0.2, 0) is 46.7 Å². The van der Waals surface area contributed by atoms with E-state index in [4.69, 9.17) is 25.8 Å². The minimum Gasteiger partial charge on any atom is -0.479 e. The molecular formula is C54H64ClN7O11S2. The lowest BCUT2D eigenvalue weighted by molar-refractivity contribution is -0.157. The van der Waals surface area contributed by atoms with E-state index in [1.54, 1.807) is 82.1 Å². The number of hydrogen-bond acceptors (Lipinski definition) is 13. The average molecular weight is 1090 g/mol. The van der Waals surface area contributed by atoms with E-state index >= 15 is 0 Å². The lowest BCUT2D eigenvalue weighted by atomic mass is 9.89. The molecule has 3 saturated heterocycles. The number of anilines is 2. The van der Waals surface area contributed by atoms with Gasteiger partial charge in [-0.25, -0.2) is 27.6 Å². The zero-order chi connectivity index (χ0) is 53.8. The third-order valence-electron chi connectivity index (χ3n) is 14.1. The van der Waals surface area contributed by atoms with E-state index in [0.29, 0.717) is 78.0 Å². The second-order valence-electron chi connectivity index (χ2n) is 22.1. The topological polar surface area (TPSA) is 217 Å². The van der Waals surface area contributed by atoms with Gasteiger partial charge in [0, 0.05) is 56.1 Å². The van der Waals surface area contributed by atoms with Crippen LogP contribution in [0.25, 0.3) is 21.5 Å². The Balaban J connectivity index is 0.800. The molecule has 3 N–H and O–H groups in total. The highest BCUT2D eigenvalue weighted by atomic mass is 35.5. The number of carbonyl (C=O) groups is 5. The molecule has 21 heteroatoms. The summed E-state index contributed by atoms with van der Waals surface area (Å²) in [4.78, 5) is 79.7. The maximum atomic E-state index is 14.2. The summed E-state index contributed by atoms with van der Waals surface area (Å²) in [5.41, 5.74) is 2.55. The number of urea groups is 1. The first-order chi connectivity index (χ1) is 35.4. The van der Waals surface area contributed by atoms with Crippen LogP contribution < -0.4 is 26.4 Å². The van der Waals surface area contributed by atoms with Gasteiger partial charge in [0.15, 0.2) is 17.2 Å². The Hall–Kier alpha value is -6.22. The molecule has 5 aromatic rings. The van der Waals surface area contributed by atoms with Gasteiger partial charge in [0.05, 0.1) is 21.7 Å². The molecule has 1 spiro atoms. The summed E-state index contributed by atoms with van der Waals surface area (Å²) in [5, 5.41) is 9.12. The molecule has 2 aromatic heterocycles.